The van der Waals surface area contributed by atoms with E-state index in [0.717, 1.165) is 0 Å². The summed E-state index contributed by atoms with van der Waals surface area (Å²) in [6, 6.07) is 0. The van der Waals surface area contributed by atoms with Crippen LogP contribution in [0, 0.1) is 0 Å². The molecule has 0 saturated heterocycles. The van der Waals surface area contributed by atoms with Crippen LogP contribution in [0.5, 0.6) is 0 Å². The first-order valence-corrected chi connectivity index (χ1v) is 2.10. The molecule has 4 nitrogen and oxygen atoms in total. The molecule has 0 aromatic heterocycles. The summed E-state index contributed by atoms with van der Waals surface area (Å²) in [5.41, 5.74) is 0. The van der Waals surface area contributed by atoms with Crippen LogP contribution in [-0.2, 0) is 38.1 Å². The average molecular weight is 323 g/mol. The van der Waals surface area contributed by atoms with Gasteiger partial charge in [0, 0.05) is 27.7 Å². The first kappa shape index (κ1) is 15.9. The molecule has 0 rings (SSSR count). The van der Waals surface area contributed by atoms with E-state index in [1.54, 1.807) is 0 Å². The van der Waals surface area contributed by atoms with Gasteiger partial charge >= 0.3 is 40.0 Å². The van der Waals surface area contributed by atoms with Gasteiger partial charge in [-0.25, -0.2) is 0 Å². The summed E-state index contributed by atoms with van der Waals surface area (Å²) in [5.74, 6) is 0. The summed E-state index contributed by atoms with van der Waals surface area (Å²) in [7, 11) is -4.67. The monoisotopic (exact) mass is 324 g/mol. The van der Waals surface area contributed by atoms with Crippen LogP contribution in [0.15, 0.2) is 0 Å². The predicted molar refractivity (Wildman–Crippen MR) is 21.3 cm³/mol. The second-order valence-corrected chi connectivity index (χ2v) is 1.34. The molecule has 0 bridgehead atoms. The minimum atomic E-state index is -4.67. The Bertz CT molecular complexity index is 94.9. The Labute approximate surface area is 84.1 Å². The van der Waals surface area contributed by atoms with Crippen molar-refractivity contribution in [3.8, 4) is 0 Å². The van der Waals surface area contributed by atoms with Gasteiger partial charge in [-0.15, -0.1) is 0 Å². The van der Waals surface area contributed by atoms with Crippen molar-refractivity contribution in [2.24, 2.45) is 0 Å². The molecule has 0 saturated carbocycles. The van der Waals surface area contributed by atoms with E-state index in [9.17, 15) is 0 Å². The van der Waals surface area contributed by atoms with Crippen molar-refractivity contribution in [2.45, 2.75) is 0 Å². The number of hydrogen-bond acceptors (Lipinski definition) is 2. The Kier molecular flexibility index (Phi) is 13.5. The molecule has 0 heterocycles. The Morgan fingerprint density at radius 3 is 1.14 bits per heavy atom. The van der Waals surface area contributed by atoms with Crippen LogP contribution >= 0.6 is 0 Å². The molecule has 0 aromatic rings. The first-order valence-electron chi connectivity index (χ1n) is 0.698. The summed E-state index contributed by atoms with van der Waals surface area (Å²) >= 11 is 0. The molecule has 0 radical (unpaired) electrons. The zero-order valence-electron chi connectivity index (χ0n) is 2.83. The van der Waals surface area contributed by atoms with Crippen molar-refractivity contribution < 1.29 is 45.2 Å². The molecule has 0 aliphatic carbocycles. The van der Waals surface area contributed by atoms with Crippen LogP contribution in [-0.4, -0.2) is 47.1 Å². The quantitative estimate of drug-likeness (QED) is 0.429. The second kappa shape index (κ2) is 5.93. The van der Waals surface area contributed by atoms with Gasteiger partial charge in [0.05, 0.1) is 0 Å². The van der Waals surface area contributed by atoms with E-state index in [-0.39, 0.29) is 57.2 Å². The van der Waals surface area contributed by atoms with Crippen molar-refractivity contribution in [2.75, 3.05) is 0 Å². The molecule has 0 fully saturated rings. The number of rotatable bonds is 0. The molecule has 0 spiro atoms. The van der Waals surface area contributed by atoms with Crippen molar-refractivity contribution >= 4 is 40.0 Å². The molecule has 2 N–H and O–H groups in total. The van der Waals surface area contributed by atoms with Crippen molar-refractivity contribution in [3.63, 3.8) is 0 Å². The molecule has 7 heavy (non-hydrogen) atoms. The third-order valence-electron chi connectivity index (χ3n) is 0. The molecule has 0 amide bonds. The van der Waals surface area contributed by atoms with Crippen molar-refractivity contribution in [1.29, 1.82) is 0 Å². The van der Waals surface area contributed by atoms with E-state index in [1.165, 1.54) is 0 Å². The molecule has 0 aliphatic rings. The summed E-state index contributed by atoms with van der Waals surface area (Å²) in [5, 5.41) is 0. The van der Waals surface area contributed by atoms with Gasteiger partial charge in [-0.05, 0) is 0 Å². The molecule has 0 aromatic carbocycles. The van der Waals surface area contributed by atoms with Gasteiger partial charge < -0.3 is 0 Å². The van der Waals surface area contributed by atoms with Gasteiger partial charge in [-0.1, -0.05) is 0 Å². The van der Waals surface area contributed by atoms with Crippen LogP contribution < -0.4 is 0 Å². The Balaban J connectivity index is -0.0000000800. The predicted octanol–water partition coefficient (Wildman–Crippen LogP) is -1.30. The van der Waals surface area contributed by atoms with Crippen molar-refractivity contribution in [1.82, 2.24) is 0 Å². The Morgan fingerprint density at radius 1 is 1.14 bits per heavy atom. The molecular weight excluding hydrogens is 320 g/mol. The van der Waals surface area contributed by atoms with E-state index in [4.69, 9.17) is 17.5 Å². The van der Waals surface area contributed by atoms with Gasteiger partial charge in [0.25, 0.3) is 0 Å². The zero-order valence-corrected chi connectivity index (χ0v) is 9.14. The normalized spacial score (nSPS) is 8.29. The van der Waals surface area contributed by atoms with Gasteiger partial charge in [-0.3, -0.25) is 9.11 Å². The topological polar surface area (TPSA) is 74.6 Å². The van der Waals surface area contributed by atoms with E-state index in [0.29, 0.717) is 0 Å². The van der Waals surface area contributed by atoms with E-state index in [2.05, 4.69) is 0 Å². The van der Waals surface area contributed by atoms with Crippen LogP contribution in [0.3, 0.4) is 0 Å². The molecule has 7 heteroatoms. The third kappa shape index (κ3) is 80.7. The van der Waals surface area contributed by atoms with Crippen molar-refractivity contribution in [3.05, 3.63) is 0 Å². The Hall–Kier alpha value is 1.81. The number of hydrogen-bond donors (Lipinski definition) is 2. The fourth-order valence-electron chi connectivity index (χ4n) is 0. The molecule has 0 atom stereocenters. The zero-order chi connectivity index (χ0) is 4.50. The van der Waals surface area contributed by atoms with Crippen LogP contribution in [0.2, 0.25) is 0 Å². The SMILES string of the molecule is O=S(=O)(O)O.[Hg].[NaH]. The maximum absolute atomic E-state index is 8.74. The van der Waals surface area contributed by atoms with Gasteiger partial charge in [-0.2, -0.15) is 8.42 Å². The van der Waals surface area contributed by atoms with Gasteiger partial charge in [0.1, 0.15) is 0 Å². The summed E-state index contributed by atoms with van der Waals surface area (Å²) in [6.07, 6.45) is 0. The van der Waals surface area contributed by atoms with E-state index >= 15 is 0 Å². The minimum absolute atomic E-state index is 0. The fraction of sp³-hybridized carbons (Fsp3) is 0. The summed E-state index contributed by atoms with van der Waals surface area (Å²) in [6.45, 7) is 0. The molecule has 0 unspecified atom stereocenters. The van der Waals surface area contributed by atoms with Crippen LogP contribution in [0.4, 0.5) is 0 Å². The van der Waals surface area contributed by atoms with Gasteiger partial charge in [0.2, 0.25) is 0 Å². The third-order valence-corrected chi connectivity index (χ3v) is 0. The first-order chi connectivity index (χ1) is 2.00. The maximum atomic E-state index is 8.74. The fourth-order valence-corrected chi connectivity index (χ4v) is 0. The summed E-state index contributed by atoms with van der Waals surface area (Å²) in [4.78, 5) is 0. The van der Waals surface area contributed by atoms with Gasteiger partial charge in [0.15, 0.2) is 0 Å². The van der Waals surface area contributed by atoms with Crippen LogP contribution in [0.25, 0.3) is 0 Å². The average Bonchev–Trinajstić information content (AvgIpc) is 0.722. The van der Waals surface area contributed by atoms with E-state index < -0.39 is 10.4 Å². The van der Waals surface area contributed by atoms with E-state index in [1.807, 2.05) is 0 Å². The standard InChI is InChI=1S/Hg.Na.H2O4S.H/c;;1-5(2,3)4;/h;;(H2,1,2,3,4);. The van der Waals surface area contributed by atoms with Crippen LogP contribution in [0.1, 0.15) is 0 Å². The molecular formula is H3HgNaO4S. The molecule has 0 aliphatic heterocycles. The second-order valence-electron chi connectivity index (χ2n) is 0.448. The molecule has 36 valence electrons. The Morgan fingerprint density at radius 2 is 1.14 bits per heavy atom. The summed E-state index contributed by atoms with van der Waals surface area (Å²) < 4.78 is 31.6.